The highest BCUT2D eigenvalue weighted by Gasteiger charge is 2.45. The van der Waals surface area contributed by atoms with E-state index in [-0.39, 0.29) is 17.7 Å². The summed E-state index contributed by atoms with van der Waals surface area (Å²) in [6.45, 7) is 8.95. The zero-order valence-corrected chi connectivity index (χ0v) is 10.0. The minimum absolute atomic E-state index is 0.00387. The SMILES string of the molecule is CON1C(C)(C)CC(CO)CC1(C)C. The minimum Gasteiger partial charge on any atom is -0.396 e. The van der Waals surface area contributed by atoms with Crippen LogP contribution in [0.1, 0.15) is 40.5 Å². The van der Waals surface area contributed by atoms with Crippen molar-refractivity contribution in [3.8, 4) is 0 Å². The lowest BCUT2D eigenvalue weighted by atomic mass is 9.76. The first-order valence-electron chi connectivity index (χ1n) is 5.29. The van der Waals surface area contributed by atoms with Gasteiger partial charge in [-0.15, -0.1) is 0 Å². The molecule has 0 aromatic heterocycles. The van der Waals surface area contributed by atoms with Gasteiger partial charge in [0, 0.05) is 17.7 Å². The van der Waals surface area contributed by atoms with Gasteiger partial charge in [0.25, 0.3) is 0 Å². The summed E-state index contributed by atoms with van der Waals surface area (Å²) in [7, 11) is 1.72. The van der Waals surface area contributed by atoms with Crippen LogP contribution in [0, 0.1) is 5.92 Å². The molecule has 1 aliphatic heterocycles. The Hall–Kier alpha value is -0.120. The third-order valence-electron chi connectivity index (χ3n) is 3.12. The number of hydrogen-bond acceptors (Lipinski definition) is 3. The van der Waals surface area contributed by atoms with Gasteiger partial charge in [-0.2, -0.15) is 5.06 Å². The van der Waals surface area contributed by atoms with Crippen LogP contribution in [0.3, 0.4) is 0 Å². The largest absolute Gasteiger partial charge is 0.396 e. The van der Waals surface area contributed by atoms with E-state index >= 15 is 0 Å². The molecule has 0 radical (unpaired) electrons. The van der Waals surface area contributed by atoms with E-state index in [1.165, 1.54) is 0 Å². The molecule has 0 aromatic rings. The number of aliphatic hydroxyl groups excluding tert-OH is 1. The summed E-state index contributed by atoms with van der Waals surface area (Å²) >= 11 is 0. The zero-order chi connectivity index (χ0) is 11.0. The van der Waals surface area contributed by atoms with Crippen molar-refractivity contribution >= 4 is 0 Å². The maximum absolute atomic E-state index is 9.26. The van der Waals surface area contributed by atoms with E-state index in [0.717, 1.165) is 12.8 Å². The van der Waals surface area contributed by atoms with E-state index < -0.39 is 0 Å². The summed E-state index contributed by atoms with van der Waals surface area (Å²) in [6, 6.07) is 0. The fourth-order valence-electron chi connectivity index (χ4n) is 3.09. The van der Waals surface area contributed by atoms with E-state index in [9.17, 15) is 5.11 Å². The predicted octanol–water partition coefficient (Wildman–Crippen LogP) is 1.81. The van der Waals surface area contributed by atoms with Crippen LogP contribution in [0.2, 0.25) is 0 Å². The quantitative estimate of drug-likeness (QED) is 0.739. The van der Waals surface area contributed by atoms with Crippen LogP contribution >= 0.6 is 0 Å². The molecule has 1 fully saturated rings. The first-order valence-corrected chi connectivity index (χ1v) is 5.29. The van der Waals surface area contributed by atoms with Gasteiger partial charge in [-0.05, 0) is 46.5 Å². The van der Waals surface area contributed by atoms with E-state index in [1.54, 1.807) is 7.11 Å². The van der Waals surface area contributed by atoms with Gasteiger partial charge < -0.3 is 9.94 Å². The molecule has 0 amide bonds. The number of rotatable bonds is 2. The van der Waals surface area contributed by atoms with Gasteiger partial charge in [-0.3, -0.25) is 0 Å². The molecule has 0 aliphatic carbocycles. The Morgan fingerprint density at radius 3 is 1.93 bits per heavy atom. The van der Waals surface area contributed by atoms with Gasteiger partial charge in [0.1, 0.15) is 0 Å². The predicted molar refractivity (Wildman–Crippen MR) is 56.8 cm³/mol. The molecule has 1 heterocycles. The summed E-state index contributed by atoms with van der Waals surface area (Å²) in [5.74, 6) is 0.395. The van der Waals surface area contributed by atoms with Crippen molar-refractivity contribution in [1.29, 1.82) is 0 Å². The summed E-state index contributed by atoms with van der Waals surface area (Å²) in [6.07, 6.45) is 1.97. The second-order valence-corrected chi connectivity index (χ2v) is 5.56. The fraction of sp³-hybridized carbons (Fsp3) is 1.00. The highest BCUT2D eigenvalue weighted by Crippen LogP contribution is 2.40. The molecule has 3 heteroatoms. The molecule has 84 valence electrons. The Balaban J connectivity index is 2.87. The van der Waals surface area contributed by atoms with Crippen LogP contribution < -0.4 is 0 Å². The molecule has 1 rings (SSSR count). The first kappa shape index (κ1) is 12.0. The monoisotopic (exact) mass is 201 g/mol. The average Bonchev–Trinajstić information content (AvgIpc) is 2.00. The van der Waals surface area contributed by atoms with Gasteiger partial charge in [0.2, 0.25) is 0 Å². The summed E-state index contributed by atoms with van der Waals surface area (Å²) in [5.41, 5.74) is 0.00773. The smallest absolute Gasteiger partial charge is 0.0575 e. The van der Waals surface area contributed by atoms with Crippen LogP contribution in [0.15, 0.2) is 0 Å². The lowest BCUT2D eigenvalue weighted by molar-refractivity contribution is -0.273. The summed E-state index contributed by atoms with van der Waals surface area (Å²) < 4.78 is 0. The number of nitrogens with zero attached hydrogens (tertiary/aromatic N) is 1. The topological polar surface area (TPSA) is 32.7 Å². The van der Waals surface area contributed by atoms with Crippen molar-refractivity contribution in [3.63, 3.8) is 0 Å². The molecule has 0 saturated carbocycles. The second-order valence-electron chi connectivity index (χ2n) is 5.56. The fourth-order valence-corrected chi connectivity index (χ4v) is 3.09. The minimum atomic E-state index is 0.00387. The van der Waals surface area contributed by atoms with Crippen LogP contribution in [0.5, 0.6) is 0 Å². The van der Waals surface area contributed by atoms with Crippen LogP contribution in [0.25, 0.3) is 0 Å². The highest BCUT2D eigenvalue weighted by atomic mass is 16.7. The van der Waals surface area contributed by atoms with Crippen molar-refractivity contribution in [2.45, 2.75) is 51.6 Å². The van der Waals surface area contributed by atoms with E-state index in [4.69, 9.17) is 4.84 Å². The Morgan fingerprint density at radius 2 is 1.64 bits per heavy atom. The molecular formula is C11H23NO2. The summed E-state index contributed by atoms with van der Waals surface area (Å²) in [5, 5.41) is 11.3. The maximum Gasteiger partial charge on any atom is 0.0575 e. The van der Waals surface area contributed by atoms with Crippen molar-refractivity contribution in [3.05, 3.63) is 0 Å². The van der Waals surface area contributed by atoms with Crippen LogP contribution in [0.4, 0.5) is 0 Å². The van der Waals surface area contributed by atoms with Gasteiger partial charge in [-0.25, -0.2) is 0 Å². The number of hydroxylamine groups is 2. The lowest BCUT2D eigenvalue weighted by Gasteiger charge is -2.53. The van der Waals surface area contributed by atoms with E-state index in [2.05, 4.69) is 32.8 Å². The van der Waals surface area contributed by atoms with Crippen LogP contribution in [-0.2, 0) is 4.84 Å². The molecule has 1 aliphatic rings. The highest BCUT2D eigenvalue weighted by molar-refractivity contribution is 4.96. The molecule has 14 heavy (non-hydrogen) atoms. The van der Waals surface area contributed by atoms with Crippen molar-refractivity contribution in [2.75, 3.05) is 13.7 Å². The number of piperidine rings is 1. The van der Waals surface area contributed by atoms with E-state index in [0.29, 0.717) is 5.92 Å². The Kier molecular flexibility index (Phi) is 3.24. The Labute approximate surface area is 87.0 Å². The lowest BCUT2D eigenvalue weighted by Crippen LogP contribution is -2.60. The molecule has 0 bridgehead atoms. The third kappa shape index (κ3) is 2.10. The number of aliphatic hydroxyl groups is 1. The summed E-state index contributed by atoms with van der Waals surface area (Å²) in [4.78, 5) is 5.47. The van der Waals surface area contributed by atoms with Crippen molar-refractivity contribution in [1.82, 2.24) is 5.06 Å². The molecule has 0 aromatic carbocycles. The van der Waals surface area contributed by atoms with Gasteiger partial charge in [0.05, 0.1) is 7.11 Å². The van der Waals surface area contributed by atoms with Gasteiger partial charge in [0.15, 0.2) is 0 Å². The van der Waals surface area contributed by atoms with E-state index in [1.807, 2.05) is 0 Å². The van der Waals surface area contributed by atoms with Gasteiger partial charge in [-0.1, -0.05) is 0 Å². The Morgan fingerprint density at radius 1 is 1.21 bits per heavy atom. The molecule has 1 saturated heterocycles. The van der Waals surface area contributed by atoms with Crippen molar-refractivity contribution < 1.29 is 9.94 Å². The molecule has 0 unspecified atom stereocenters. The first-order chi connectivity index (χ1) is 6.33. The average molecular weight is 201 g/mol. The second kappa shape index (κ2) is 3.80. The third-order valence-corrected chi connectivity index (χ3v) is 3.12. The molecule has 0 atom stereocenters. The number of hydrogen-bond donors (Lipinski definition) is 1. The molecule has 1 N–H and O–H groups in total. The maximum atomic E-state index is 9.26. The van der Waals surface area contributed by atoms with Crippen LogP contribution in [-0.4, -0.2) is 35.0 Å². The Bertz CT molecular complexity index is 183. The normalized spacial score (nSPS) is 27.9. The standard InChI is InChI=1S/C11H23NO2/c1-10(2)6-9(8-13)7-11(3,4)12(10)14-5/h9,13H,6-8H2,1-5H3. The zero-order valence-electron chi connectivity index (χ0n) is 10.0. The van der Waals surface area contributed by atoms with Gasteiger partial charge >= 0.3 is 0 Å². The molecular weight excluding hydrogens is 178 g/mol. The molecule has 3 nitrogen and oxygen atoms in total. The van der Waals surface area contributed by atoms with Crippen molar-refractivity contribution in [2.24, 2.45) is 5.92 Å². The molecule has 0 spiro atoms.